The number of aliphatic hydroxyl groups excluding tert-OH is 2. The summed E-state index contributed by atoms with van der Waals surface area (Å²) in [5.41, 5.74) is 6.25. The van der Waals surface area contributed by atoms with Crippen LogP contribution < -0.4 is 5.73 Å². The van der Waals surface area contributed by atoms with Crippen LogP contribution in [0.5, 0.6) is 0 Å². The molecule has 28 heavy (non-hydrogen) atoms. The van der Waals surface area contributed by atoms with E-state index in [1.54, 1.807) is 0 Å². The number of rotatable bonds is 4. The quantitative estimate of drug-likeness (QED) is 0.189. The van der Waals surface area contributed by atoms with Gasteiger partial charge in [-0.2, -0.15) is 8.42 Å². The summed E-state index contributed by atoms with van der Waals surface area (Å²) in [6.07, 6.45) is -2.49. The van der Waals surface area contributed by atoms with Crippen LogP contribution in [0.1, 0.15) is 6.23 Å². The summed E-state index contributed by atoms with van der Waals surface area (Å²) < 4.78 is 53.4. The molecule has 0 unspecified atom stereocenters. The van der Waals surface area contributed by atoms with Crippen molar-refractivity contribution in [3.63, 3.8) is 0 Å². The maximum absolute atomic E-state index is 10.7. The monoisotopic (exact) mass is 445 g/mol. The summed E-state index contributed by atoms with van der Waals surface area (Å²) in [5.74, 6) is 0.142. The Bertz CT molecular complexity index is 969. The first-order valence-corrected chi connectivity index (χ1v) is 10.0. The number of nitrogens with two attached hydrogens (primary N) is 1. The van der Waals surface area contributed by atoms with Crippen LogP contribution in [0.3, 0.4) is 0 Å². The molecular weight excluding hydrogens is 429 g/mol. The van der Waals surface area contributed by atoms with Crippen molar-refractivity contribution in [2.45, 2.75) is 24.5 Å². The number of aromatic nitrogens is 4. The summed E-state index contributed by atoms with van der Waals surface area (Å²) >= 11 is 0. The van der Waals surface area contributed by atoms with Gasteiger partial charge in [-0.3, -0.25) is 18.2 Å². The Morgan fingerprint density at radius 1 is 1.21 bits per heavy atom. The van der Waals surface area contributed by atoms with E-state index in [0.29, 0.717) is 5.52 Å². The molecule has 2 aromatic heterocycles. The van der Waals surface area contributed by atoms with Crippen LogP contribution in [0.2, 0.25) is 0 Å². The number of imidazole rings is 1. The van der Waals surface area contributed by atoms with Gasteiger partial charge in [-0.25, -0.2) is 19.5 Å². The minimum Gasteiger partial charge on any atom is -0.387 e. The summed E-state index contributed by atoms with van der Waals surface area (Å²) in [5, 5.41) is 20.1. The van der Waals surface area contributed by atoms with E-state index in [4.69, 9.17) is 37.8 Å². The zero-order valence-corrected chi connectivity index (χ0v) is 15.3. The number of hydrogen-bond acceptors (Lipinski definition) is 11. The van der Waals surface area contributed by atoms with Gasteiger partial charge in [-0.15, -0.1) is 0 Å². The van der Waals surface area contributed by atoms with E-state index >= 15 is 0 Å². The molecule has 158 valence electrons. The molecule has 8 N–H and O–H groups in total. The average Bonchev–Trinajstić information content (AvgIpc) is 3.07. The van der Waals surface area contributed by atoms with E-state index in [-0.39, 0.29) is 11.5 Å². The highest BCUT2D eigenvalue weighted by molar-refractivity contribution is 7.79. The summed E-state index contributed by atoms with van der Waals surface area (Å²) in [6, 6.07) is 0. The zero-order chi connectivity index (χ0) is 21.3. The summed E-state index contributed by atoms with van der Waals surface area (Å²) in [4.78, 5) is 29.2. The average molecular weight is 445 g/mol. The molecule has 0 bridgehead atoms. The van der Waals surface area contributed by atoms with Gasteiger partial charge in [0, 0.05) is 0 Å². The molecule has 18 heteroatoms. The second kappa shape index (κ2) is 8.29. The third-order valence-electron chi connectivity index (χ3n) is 3.41. The van der Waals surface area contributed by atoms with Crippen LogP contribution in [0, 0.1) is 0 Å². The predicted molar refractivity (Wildman–Crippen MR) is 87.8 cm³/mol. The Balaban J connectivity index is 0.000000500. The molecule has 1 fully saturated rings. The molecule has 0 amide bonds. The Kier molecular flexibility index (Phi) is 6.66. The molecule has 0 radical (unpaired) electrons. The summed E-state index contributed by atoms with van der Waals surface area (Å²) in [6.45, 7) is -0.594. The number of aliphatic hydroxyl groups is 2. The van der Waals surface area contributed by atoms with Crippen molar-refractivity contribution in [3.8, 4) is 0 Å². The Hall–Kier alpha value is -1.79. The highest BCUT2D eigenvalue weighted by atomic mass is 32.3. The van der Waals surface area contributed by atoms with Crippen molar-refractivity contribution in [1.29, 1.82) is 0 Å². The van der Waals surface area contributed by atoms with Crippen molar-refractivity contribution in [2.75, 3.05) is 12.3 Å². The Morgan fingerprint density at radius 3 is 2.39 bits per heavy atom. The lowest BCUT2D eigenvalue weighted by Crippen LogP contribution is -2.33. The first-order chi connectivity index (χ1) is 12.8. The number of nitrogens with zero attached hydrogens (tertiary/aromatic N) is 4. The molecule has 1 aliphatic rings. The highest BCUT2D eigenvalue weighted by Crippen LogP contribution is 2.38. The van der Waals surface area contributed by atoms with E-state index in [1.807, 2.05) is 0 Å². The molecule has 4 atom stereocenters. The normalized spacial score (nSPS) is 25.5. The van der Waals surface area contributed by atoms with Gasteiger partial charge in [0.15, 0.2) is 17.7 Å². The molecule has 1 aliphatic heterocycles. The lowest BCUT2D eigenvalue weighted by molar-refractivity contribution is -0.0504. The van der Waals surface area contributed by atoms with Gasteiger partial charge in [0.05, 0.1) is 12.9 Å². The lowest BCUT2D eigenvalue weighted by Gasteiger charge is -2.16. The maximum Gasteiger partial charge on any atom is 0.469 e. The maximum atomic E-state index is 10.7. The fourth-order valence-corrected chi connectivity index (χ4v) is 2.66. The largest absolute Gasteiger partial charge is 0.469 e. The lowest BCUT2D eigenvalue weighted by atomic mass is 10.1. The minimum atomic E-state index is -4.72. The number of ether oxygens (including phenoxy) is 1. The summed E-state index contributed by atoms with van der Waals surface area (Å²) in [7, 11) is -9.39. The molecule has 0 aliphatic carbocycles. The van der Waals surface area contributed by atoms with Crippen molar-refractivity contribution in [2.24, 2.45) is 0 Å². The predicted octanol–water partition coefficient (Wildman–Crippen LogP) is -2.52. The van der Waals surface area contributed by atoms with Gasteiger partial charge in [0.1, 0.15) is 30.2 Å². The third kappa shape index (κ3) is 5.85. The van der Waals surface area contributed by atoms with Gasteiger partial charge in [-0.1, -0.05) is 0 Å². The minimum absolute atomic E-state index is 0.142. The van der Waals surface area contributed by atoms with E-state index in [2.05, 4.69) is 19.5 Å². The third-order valence-corrected chi connectivity index (χ3v) is 3.89. The van der Waals surface area contributed by atoms with Gasteiger partial charge >= 0.3 is 18.2 Å². The van der Waals surface area contributed by atoms with Gasteiger partial charge in [-0.05, 0) is 0 Å². The first-order valence-electron chi connectivity index (χ1n) is 7.12. The van der Waals surface area contributed by atoms with Crippen LogP contribution in [-0.2, 0) is 24.2 Å². The van der Waals surface area contributed by atoms with Crippen molar-refractivity contribution in [3.05, 3.63) is 12.7 Å². The number of hydrogen-bond donors (Lipinski definition) is 7. The fourth-order valence-electron chi connectivity index (χ4n) is 2.32. The fraction of sp³-hybridized carbons (Fsp3) is 0.500. The van der Waals surface area contributed by atoms with E-state index in [9.17, 15) is 14.8 Å². The molecule has 3 rings (SSSR count). The van der Waals surface area contributed by atoms with E-state index in [0.717, 1.165) is 0 Å². The number of phosphoric ester groups is 1. The molecule has 0 aromatic carbocycles. The van der Waals surface area contributed by atoms with Gasteiger partial charge < -0.3 is 30.5 Å². The number of nitrogen functional groups attached to an aromatic ring is 1. The van der Waals surface area contributed by atoms with Gasteiger partial charge in [0.25, 0.3) is 0 Å². The number of fused-ring (bicyclic) bond motifs is 1. The van der Waals surface area contributed by atoms with Crippen molar-refractivity contribution >= 4 is 35.2 Å². The Morgan fingerprint density at radius 2 is 1.82 bits per heavy atom. The van der Waals surface area contributed by atoms with Gasteiger partial charge in [0.2, 0.25) is 0 Å². The molecule has 0 saturated carbocycles. The molecule has 1 saturated heterocycles. The first kappa shape index (κ1) is 22.5. The SMILES string of the molecule is Nc1ncnc2c1ncn2[C@@H]1O[C@H](COP(=O)(O)O)[C@@H](O)[C@H]1O.O=S(=O)(O)O. The molecule has 2 aromatic rings. The molecule has 3 heterocycles. The topological polar surface area (TPSA) is 261 Å². The zero-order valence-electron chi connectivity index (χ0n) is 13.6. The highest BCUT2D eigenvalue weighted by Gasteiger charge is 2.45. The van der Waals surface area contributed by atoms with Crippen LogP contribution >= 0.6 is 7.82 Å². The van der Waals surface area contributed by atoms with Crippen LogP contribution in [0.25, 0.3) is 11.2 Å². The second-order valence-corrected chi connectivity index (χ2v) is 7.50. The smallest absolute Gasteiger partial charge is 0.387 e. The van der Waals surface area contributed by atoms with Crippen LogP contribution in [0.4, 0.5) is 5.82 Å². The number of anilines is 1. The number of phosphoric acid groups is 1. The van der Waals surface area contributed by atoms with E-state index < -0.39 is 49.4 Å². The standard InChI is InChI=1S/C10H14N5O7P.H2O4S/c11-8-5-9(13-2-12-8)15(3-14-5)10-7(17)6(16)4(22-10)1-21-23(18,19)20;1-5(2,3)4/h2-4,6-7,10,16-17H,1H2,(H2,11,12,13)(H2,18,19,20);(H2,1,2,3,4)/t4-,6-,7-,10-;/m1./s1. The van der Waals surface area contributed by atoms with Crippen molar-refractivity contribution < 1.29 is 51.3 Å². The molecule has 16 nitrogen and oxygen atoms in total. The van der Waals surface area contributed by atoms with Crippen LogP contribution in [-0.4, -0.2) is 82.0 Å². The van der Waals surface area contributed by atoms with Crippen molar-refractivity contribution in [1.82, 2.24) is 19.5 Å². The van der Waals surface area contributed by atoms with E-state index in [1.165, 1.54) is 17.2 Å². The second-order valence-electron chi connectivity index (χ2n) is 5.36. The molecule has 0 spiro atoms. The Labute approximate surface area is 156 Å². The van der Waals surface area contributed by atoms with Crippen LogP contribution in [0.15, 0.2) is 12.7 Å². The molecular formula is C10H16N5O11PS.